The number of hydrogen-bond acceptors (Lipinski definition) is 5. The van der Waals surface area contributed by atoms with E-state index in [1.165, 1.54) is 19.2 Å². The molecule has 2 rings (SSSR count). The molecular weight excluding hydrogens is 224 g/mol. The molecule has 17 heavy (non-hydrogen) atoms. The van der Waals surface area contributed by atoms with Crippen molar-refractivity contribution in [1.29, 1.82) is 0 Å². The molecule has 3 N–H and O–H groups in total. The summed E-state index contributed by atoms with van der Waals surface area (Å²) >= 11 is 0. The van der Waals surface area contributed by atoms with E-state index in [1.54, 1.807) is 12.1 Å². The SMILES string of the molecule is COc1ccc(-c2cc(N)n[nH]2)c([N+](=O)[O-])c1. The van der Waals surface area contributed by atoms with Gasteiger partial charge in [-0.1, -0.05) is 0 Å². The first kappa shape index (κ1) is 10.9. The molecule has 88 valence electrons. The number of hydrogen-bond donors (Lipinski definition) is 2. The van der Waals surface area contributed by atoms with Crippen LogP contribution in [0.15, 0.2) is 24.3 Å². The van der Waals surface area contributed by atoms with Crippen LogP contribution in [0.4, 0.5) is 11.5 Å². The second-order valence-electron chi connectivity index (χ2n) is 3.35. The number of aromatic amines is 1. The Morgan fingerprint density at radius 2 is 2.24 bits per heavy atom. The average Bonchev–Trinajstić information content (AvgIpc) is 2.75. The third kappa shape index (κ3) is 2.03. The number of benzene rings is 1. The minimum absolute atomic E-state index is 0.0620. The van der Waals surface area contributed by atoms with Crippen molar-refractivity contribution >= 4 is 11.5 Å². The Balaban J connectivity index is 2.57. The molecule has 0 spiro atoms. The van der Waals surface area contributed by atoms with Crippen molar-refractivity contribution in [2.75, 3.05) is 12.8 Å². The minimum Gasteiger partial charge on any atom is -0.497 e. The van der Waals surface area contributed by atoms with Crippen molar-refractivity contribution in [2.45, 2.75) is 0 Å². The third-order valence-corrected chi connectivity index (χ3v) is 2.29. The van der Waals surface area contributed by atoms with Crippen molar-refractivity contribution in [1.82, 2.24) is 10.2 Å². The minimum atomic E-state index is -0.477. The molecule has 0 unspecified atom stereocenters. The molecule has 1 aromatic heterocycles. The van der Waals surface area contributed by atoms with Crippen LogP contribution in [-0.4, -0.2) is 22.2 Å². The van der Waals surface area contributed by atoms with E-state index in [2.05, 4.69) is 10.2 Å². The molecule has 2 aromatic rings. The number of H-pyrrole nitrogens is 1. The highest BCUT2D eigenvalue weighted by molar-refractivity contribution is 5.73. The summed E-state index contributed by atoms with van der Waals surface area (Å²) in [6.07, 6.45) is 0. The number of ether oxygens (including phenoxy) is 1. The Morgan fingerprint density at radius 1 is 1.47 bits per heavy atom. The number of nitrogen functional groups attached to an aromatic ring is 1. The molecule has 0 fully saturated rings. The van der Waals surface area contributed by atoms with Crippen molar-refractivity contribution in [2.24, 2.45) is 0 Å². The Morgan fingerprint density at radius 3 is 2.76 bits per heavy atom. The smallest absolute Gasteiger partial charge is 0.282 e. The summed E-state index contributed by atoms with van der Waals surface area (Å²) in [7, 11) is 1.45. The zero-order valence-corrected chi connectivity index (χ0v) is 9.01. The summed E-state index contributed by atoms with van der Waals surface area (Å²) in [6.45, 7) is 0. The van der Waals surface area contributed by atoms with Crippen molar-refractivity contribution in [3.8, 4) is 17.0 Å². The Labute approximate surface area is 96.4 Å². The Hall–Kier alpha value is -2.57. The zero-order chi connectivity index (χ0) is 12.4. The largest absolute Gasteiger partial charge is 0.497 e. The van der Waals surface area contributed by atoms with Gasteiger partial charge in [0.2, 0.25) is 0 Å². The Kier molecular flexibility index (Phi) is 2.65. The Bertz CT molecular complexity index is 564. The van der Waals surface area contributed by atoms with E-state index in [0.29, 0.717) is 17.0 Å². The second-order valence-corrected chi connectivity index (χ2v) is 3.35. The molecule has 0 aliphatic carbocycles. The molecule has 1 heterocycles. The summed E-state index contributed by atoms with van der Waals surface area (Å²) in [5.41, 5.74) is 6.31. The molecule has 0 aliphatic heterocycles. The first-order valence-electron chi connectivity index (χ1n) is 4.75. The molecule has 0 amide bonds. The van der Waals surface area contributed by atoms with Crippen LogP contribution in [0.25, 0.3) is 11.3 Å². The number of rotatable bonds is 3. The monoisotopic (exact) mass is 234 g/mol. The fourth-order valence-electron chi connectivity index (χ4n) is 1.49. The van der Waals surface area contributed by atoms with Crippen molar-refractivity contribution < 1.29 is 9.66 Å². The van der Waals surface area contributed by atoms with Gasteiger partial charge in [-0.3, -0.25) is 15.2 Å². The van der Waals surface area contributed by atoms with Crippen LogP contribution < -0.4 is 10.5 Å². The highest BCUT2D eigenvalue weighted by Crippen LogP contribution is 2.32. The number of nitrogens with one attached hydrogen (secondary N) is 1. The highest BCUT2D eigenvalue weighted by Gasteiger charge is 2.17. The number of nitrogens with zero attached hydrogens (tertiary/aromatic N) is 2. The molecule has 7 nitrogen and oxygen atoms in total. The number of anilines is 1. The lowest BCUT2D eigenvalue weighted by Crippen LogP contribution is -1.93. The van der Waals surface area contributed by atoms with E-state index < -0.39 is 4.92 Å². The van der Waals surface area contributed by atoms with Crippen LogP contribution in [0.2, 0.25) is 0 Å². The number of aromatic nitrogens is 2. The van der Waals surface area contributed by atoms with Crippen LogP contribution in [0.3, 0.4) is 0 Å². The van der Waals surface area contributed by atoms with Gasteiger partial charge >= 0.3 is 0 Å². The van der Waals surface area contributed by atoms with E-state index in [9.17, 15) is 10.1 Å². The summed E-state index contributed by atoms with van der Waals surface area (Å²) in [6, 6.07) is 6.12. The summed E-state index contributed by atoms with van der Waals surface area (Å²) in [5.74, 6) is 0.707. The van der Waals surface area contributed by atoms with Gasteiger partial charge in [-0.25, -0.2) is 0 Å². The maximum Gasteiger partial charge on any atom is 0.282 e. The van der Waals surface area contributed by atoms with Gasteiger partial charge in [0.15, 0.2) is 0 Å². The van der Waals surface area contributed by atoms with Gasteiger partial charge in [-0.2, -0.15) is 5.10 Å². The molecule has 0 saturated heterocycles. The van der Waals surface area contributed by atoms with Crippen molar-refractivity contribution in [3.63, 3.8) is 0 Å². The molecule has 0 bridgehead atoms. The predicted octanol–water partition coefficient (Wildman–Crippen LogP) is 1.58. The van der Waals surface area contributed by atoms with Gasteiger partial charge in [-0.15, -0.1) is 0 Å². The van der Waals surface area contributed by atoms with Crippen LogP contribution >= 0.6 is 0 Å². The van der Waals surface area contributed by atoms with Crippen LogP contribution in [0, 0.1) is 10.1 Å². The lowest BCUT2D eigenvalue weighted by Gasteiger charge is -2.03. The zero-order valence-electron chi connectivity index (χ0n) is 9.01. The van der Waals surface area contributed by atoms with E-state index in [4.69, 9.17) is 10.5 Å². The average molecular weight is 234 g/mol. The molecule has 7 heteroatoms. The summed E-state index contributed by atoms with van der Waals surface area (Å²) in [5, 5.41) is 17.3. The number of nitrogens with two attached hydrogens (primary N) is 1. The standard InChI is InChI=1S/C10H10N4O3/c1-17-6-2-3-7(9(4-6)14(15)16)8-5-10(11)13-12-8/h2-5H,1H3,(H3,11,12,13). The summed E-state index contributed by atoms with van der Waals surface area (Å²) in [4.78, 5) is 10.5. The maximum atomic E-state index is 11.0. The first-order chi connectivity index (χ1) is 8.11. The first-order valence-corrected chi connectivity index (χ1v) is 4.75. The van der Waals surface area contributed by atoms with Gasteiger partial charge in [0.25, 0.3) is 5.69 Å². The lowest BCUT2D eigenvalue weighted by molar-refractivity contribution is -0.384. The van der Waals surface area contributed by atoms with Crippen LogP contribution in [-0.2, 0) is 0 Å². The molecule has 1 aromatic carbocycles. The van der Waals surface area contributed by atoms with Crippen molar-refractivity contribution in [3.05, 3.63) is 34.4 Å². The normalized spacial score (nSPS) is 10.2. The molecule has 0 saturated carbocycles. The van der Waals surface area contributed by atoms with Gasteiger partial charge < -0.3 is 10.5 Å². The topological polar surface area (TPSA) is 107 Å². The molecule has 0 aliphatic rings. The molecular formula is C10H10N4O3. The lowest BCUT2D eigenvalue weighted by atomic mass is 10.1. The highest BCUT2D eigenvalue weighted by atomic mass is 16.6. The fraction of sp³-hybridized carbons (Fsp3) is 0.100. The van der Waals surface area contributed by atoms with E-state index >= 15 is 0 Å². The van der Waals surface area contributed by atoms with Gasteiger partial charge in [0, 0.05) is 6.07 Å². The molecule has 0 radical (unpaired) electrons. The van der Waals surface area contributed by atoms with E-state index in [0.717, 1.165) is 0 Å². The third-order valence-electron chi connectivity index (χ3n) is 2.29. The fourth-order valence-corrected chi connectivity index (χ4v) is 1.49. The van der Waals surface area contributed by atoms with Crippen LogP contribution in [0.1, 0.15) is 0 Å². The molecule has 0 atom stereocenters. The number of nitro groups is 1. The second kappa shape index (κ2) is 4.12. The predicted molar refractivity (Wildman–Crippen MR) is 61.6 cm³/mol. The van der Waals surface area contributed by atoms with Crippen LogP contribution in [0.5, 0.6) is 5.75 Å². The van der Waals surface area contributed by atoms with E-state index in [1.807, 2.05) is 0 Å². The number of nitro benzene ring substituents is 1. The van der Waals surface area contributed by atoms with E-state index in [-0.39, 0.29) is 11.5 Å². The van der Waals surface area contributed by atoms with Gasteiger partial charge in [0.05, 0.1) is 29.4 Å². The summed E-state index contributed by atoms with van der Waals surface area (Å²) < 4.78 is 4.95. The van der Waals surface area contributed by atoms with Gasteiger partial charge in [-0.05, 0) is 12.1 Å². The van der Waals surface area contributed by atoms with Gasteiger partial charge in [0.1, 0.15) is 11.6 Å². The quantitative estimate of drug-likeness (QED) is 0.619. The maximum absolute atomic E-state index is 11.0. The number of methoxy groups -OCH3 is 1.